The fraction of sp³-hybridized carbons (Fsp3) is 0.333. The second-order valence-corrected chi connectivity index (χ2v) is 8.41. The molecule has 0 saturated heterocycles. The smallest absolute Gasteiger partial charge is 0.287 e. The highest BCUT2D eigenvalue weighted by Gasteiger charge is 2.41. The molecule has 0 unspecified atom stereocenters. The molecule has 2 N–H and O–H groups in total. The van der Waals surface area contributed by atoms with Crippen molar-refractivity contribution in [2.45, 2.75) is 44.1 Å². The van der Waals surface area contributed by atoms with E-state index in [1.807, 2.05) is 24.3 Å². The van der Waals surface area contributed by atoms with Gasteiger partial charge < -0.3 is 19.8 Å². The zero-order valence-corrected chi connectivity index (χ0v) is 17.8. The number of hydrogen-bond donors (Lipinski definition) is 2. The van der Waals surface area contributed by atoms with Gasteiger partial charge in [-0.3, -0.25) is 9.59 Å². The van der Waals surface area contributed by atoms with E-state index in [0.29, 0.717) is 23.4 Å². The number of rotatable bonds is 6. The number of benzene rings is 2. The third-order valence-corrected chi connectivity index (χ3v) is 5.99. The van der Waals surface area contributed by atoms with Gasteiger partial charge in [-0.1, -0.05) is 18.2 Å². The van der Waals surface area contributed by atoms with E-state index in [1.54, 1.807) is 25.1 Å². The van der Waals surface area contributed by atoms with E-state index in [2.05, 4.69) is 10.6 Å². The number of anilines is 1. The van der Waals surface area contributed by atoms with E-state index < -0.39 is 17.4 Å². The van der Waals surface area contributed by atoms with Crippen LogP contribution in [0.4, 0.5) is 14.5 Å². The summed E-state index contributed by atoms with van der Waals surface area (Å²) in [6, 6.07) is 12.6. The fourth-order valence-electron chi connectivity index (χ4n) is 4.01. The van der Waals surface area contributed by atoms with Crippen molar-refractivity contribution in [2.75, 3.05) is 12.4 Å². The first-order chi connectivity index (χ1) is 15.2. The molecule has 2 aromatic carbocycles. The number of carbonyl (C=O) groups excluding carboxylic acids is 2. The predicted molar refractivity (Wildman–Crippen MR) is 117 cm³/mol. The van der Waals surface area contributed by atoms with Crippen molar-refractivity contribution in [2.24, 2.45) is 0 Å². The first kappa shape index (κ1) is 21.8. The Morgan fingerprint density at radius 3 is 2.44 bits per heavy atom. The number of carbonyl (C=O) groups is 2. The topological polar surface area (TPSA) is 80.6 Å². The van der Waals surface area contributed by atoms with E-state index in [-0.39, 0.29) is 31.4 Å². The molecule has 3 aromatic rings. The molecule has 1 heterocycles. The summed E-state index contributed by atoms with van der Waals surface area (Å²) in [6.07, 6.45) is 0.526. The molecule has 0 atom stereocenters. The van der Waals surface area contributed by atoms with Gasteiger partial charge in [0.15, 0.2) is 5.76 Å². The molecule has 6 nitrogen and oxygen atoms in total. The maximum Gasteiger partial charge on any atom is 0.287 e. The molecule has 0 radical (unpaired) electrons. The third kappa shape index (κ3) is 4.44. The van der Waals surface area contributed by atoms with Gasteiger partial charge in [0.05, 0.1) is 12.8 Å². The van der Waals surface area contributed by atoms with Crippen LogP contribution in [0.5, 0.6) is 5.75 Å². The normalized spacial score (nSPS) is 17.0. The van der Waals surface area contributed by atoms with Crippen LogP contribution < -0.4 is 15.4 Å². The van der Waals surface area contributed by atoms with Crippen molar-refractivity contribution < 1.29 is 27.5 Å². The van der Waals surface area contributed by atoms with E-state index in [4.69, 9.17) is 9.15 Å². The van der Waals surface area contributed by atoms with Gasteiger partial charge in [0, 0.05) is 23.8 Å². The summed E-state index contributed by atoms with van der Waals surface area (Å²) in [4.78, 5) is 23.6. The summed E-state index contributed by atoms with van der Waals surface area (Å²) in [5.41, 5.74) is 2.03. The molecule has 0 spiro atoms. The number of amides is 2. The summed E-state index contributed by atoms with van der Waals surface area (Å²) in [6.45, 7) is 1.79. The zero-order chi connectivity index (χ0) is 22.9. The Labute approximate surface area is 183 Å². The lowest BCUT2D eigenvalue weighted by Gasteiger charge is -2.37. The van der Waals surface area contributed by atoms with Crippen LogP contribution in [0, 0.1) is 0 Å². The maximum absolute atomic E-state index is 13.5. The van der Waals surface area contributed by atoms with Crippen LogP contribution in [0.2, 0.25) is 0 Å². The van der Waals surface area contributed by atoms with Crippen LogP contribution in [0.1, 0.15) is 43.2 Å². The van der Waals surface area contributed by atoms with E-state index in [0.717, 1.165) is 16.5 Å². The lowest BCUT2D eigenvalue weighted by molar-refractivity contribution is -0.105. The minimum Gasteiger partial charge on any atom is -0.495 e. The molecule has 2 amide bonds. The largest absolute Gasteiger partial charge is 0.495 e. The highest BCUT2D eigenvalue weighted by molar-refractivity contribution is 5.97. The number of furan rings is 1. The van der Waals surface area contributed by atoms with Crippen LogP contribution in [-0.2, 0) is 4.79 Å². The number of fused-ring (bicyclic) bond motifs is 1. The molecule has 1 aliphatic rings. The Kier molecular flexibility index (Phi) is 5.62. The second kappa shape index (κ2) is 8.26. The van der Waals surface area contributed by atoms with Crippen molar-refractivity contribution in [3.05, 3.63) is 48.2 Å². The minimum atomic E-state index is -2.66. The molecule has 32 heavy (non-hydrogen) atoms. The zero-order valence-electron chi connectivity index (χ0n) is 17.8. The summed E-state index contributed by atoms with van der Waals surface area (Å²) in [5, 5.41) is 6.23. The highest BCUT2D eigenvalue weighted by atomic mass is 19.3. The Balaban J connectivity index is 1.56. The molecule has 8 heteroatoms. The average molecular weight is 442 g/mol. The molecule has 4 rings (SSSR count). The van der Waals surface area contributed by atoms with Crippen molar-refractivity contribution in [1.82, 2.24) is 5.32 Å². The Bertz CT molecular complexity index is 1160. The maximum atomic E-state index is 13.5. The Morgan fingerprint density at radius 1 is 1.06 bits per heavy atom. The van der Waals surface area contributed by atoms with Crippen LogP contribution in [0.15, 0.2) is 46.9 Å². The van der Waals surface area contributed by atoms with Crippen LogP contribution in [0.3, 0.4) is 0 Å². The standard InChI is InChI=1S/C24H24F2N2O4/c1-23(7-9-24(25,26)10-8-23)28-22(30)21-13-17-4-3-16(12-20(17)32-21)15-5-6-19(31-2)18(11-15)27-14-29/h3-6,11-14H,7-10H2,1-2H3,(H,27,29)(H,28,30). The van der Waals surface area contributed by atoms with Gasteiger partial charge in [-0.15, -0.1) is 0 Å². The third-order valence-electron chi connectivity index (χ3n) is 5.99. The van der Waals surface area contributed by atoms with E-state index in [1.165, 1.54) is 7.11 Å². The minimum absolute atomic E-state index is 0.133. The first-order valence-corrected chi connectivity index (χ1v) is 10.3. The quantitative estimate of drug-likeness (QED) is 0.503. The molecule has 1 aliphatic carbocycles. The lowest BCUT2D eigenvalue weighted by Crippen LogP contribution is -2.50. The summed E-state index contributed by atoms with van der Waals surface area (Å²) < 4.78 is 38.0. The van der Waals surface area contributed by atoms with Gasteiger partial charge in [0.2, 0.25) is 12.3 Å². The number of hydrogen-bond acceptors (Lipinski definition) is 4. The molecule has 1 saturated carbocycles. The van der Waals surface area contributed by atoms with Crippen molar-refractivity contribution >= 4 is 29.0 Å². The Morgan fingerprint density at radius 2 is 1.75 bits per heavy atom. The highest BCUT2D eigenvalue weighted by Crippen LogP contribution is 2.38. The number of ether oxygens (including phenoxy) is 1. The monoisotopic (exact) mass is 442 g/mol. The van der Waals surface area contributed by atoms with Crippen molar-refractivity contribution in [3.8, 4) is 16.9 Å². The molecular weight excluding hydrogens is 418 g/mol. The number of halogens is 2. The molecule has 168 valence electrons. The lowest BCUT2D eigenvalue weighted by atomic mass is 9.81. The van der Waals surface area contributed by atoms with Crippen molar-refractivity contribution in [3.63, 3.8) is 0 Å². The van der Waals surface area contributed by atoms with Crippen LogP contribution in [0.25, 0.3) is 22.1 Å². The van der Waals surface area contributed by atoms with E-state index in [9.17, 15) is 18.4 Å². The van der Waals surface area contributed by atoms with Crippen LogP contribution >= 0.6 is 0 Å². The number of methoxy groups -OCH3 is 1. The molecular formula is C24H24F2N2O4. The SMILES string of the molecule is COc1ccc(-c2ccc3cc(C(=O)NC4(C)CCC(F)(F)CC4)oc3c2)cc1NC=O. The van der Waals surface area contributed by atoms with Crippen molar-refractivity contribution in [1.29, 1.82) is 0 Å². The summed E-state index contributed by atoms with van der Waals surface area (Å²) in [7, 11) is 1.52. The van der Waals surface area contributed by atoms with Gasteiger partial charge in [0.25, 0.3) is 5.91 Å². The second-order valence-electron chi connectivity index (χ2n) is 8.41. The molecule has 1 fully saturated rings. The average Bonchev–Trinajstić information content (AvgIpc) is 3.20. The molecule has 0 bridgehead atoms. The summed E-state index contributed by atoms with van der Waals surface area (Å²) >= 11 is 0. The van der Waals surface area contributed by atoms with Gasteiger partial charge >= 0.3 is 0 Å². The predicted octanol–water partition coefficient (Wildman–Crippen LogP) is 5.37. The number of nitrogens with one attached hydrogen (secondary N) is 2. The summed E-state index contributed by atoms with van der Waals surface area (Å²) in [5.74, 6) is -2.42. The fourth-order valence-corrected chi connectivity index (χ4v) is 4.01. The molecule has 0 aliphatic heterocycles. The van der Waals surface area contributed by atoms with Gasteiger partial charge in [-0.25, -0.2) is 8.78 Å². The van der Waals surface area contributed by atoms with Crippen LogP contribution in [-0.4, -0.2) is 30.9 Å². The first-order valence-electron chi connectivity index (χ1n) is 10.3. The Hall–Kier alpha value is -3.42. The molecule has 1 aromatic heterocycles. The van der Waals surface area contributed by atoms with Gasteiger partial charge in [-0.05, 0) is 55.2 Å². The van der Waals surface area contributed by atoms with Gasteiger partial charge in [-0.2, -0.15) is 0 Å². The van der Waals surface area contributed by atoms with Gasteiger partial charge in [0.1, 0.15) is 11.3 Å². The van der Waals surface area contributed by atoms with E-state index >= 15 is 0 Å². The number of alkyl halides is 2.